The van der Waals surface area contributed by atoms with Crippen molar-refractivity contribution in [2.75, 3.05) is 0 Å². The molecule has 0 fully saturated rings. The van der Waals surface area contributed by atoms with Crippen LogP contribution in [0.2, 0.25) is 0 Å². The zero-order valence-electron chi connectivity index (χ0n) is 13.4. The Morgan fingerprint density at radius 1 is 0.958 bits per heavy atom. The number of rotatable bonds is 4. The topological polar surface area (TPSA) is 80.4 Å². The standard InChI is InChI=1S/C18H16N4O2/c1-12-6-3-8-14(19-12)17(15-9-4-7-13(2)20-15)21-22-18(23)16-10-5-11-24-16/h3-11H,1-2H3,(H,22,23). The molecule has 0 saturated heterocycles. The molecular formula is C18H16N4O2. The van der Waals surface area contributed by atoms with E-state index in [0.717, 1.165) is 11.4 Å². The van der Waals surface area contributed by atoms with E-state index in [1.807, 2.05) is 50.2 Å². The Morgan fingerprint density at radius 3 is 2.08 bits per heavy atom. The van der Waals surface area contributed by atoms with Crippen LogP contribution in [-0.4, -0.2) is 21.6 Å². The molecule has 0 atom stereocenters. The summed E-state index contributed by atoms with van der Waals surface area (Å²) in [6.45, 7) is 3.79. The average molecular weight is 320 g/mol. The summed E-state index contributed by atoms with van der Waals surface area (Å²) >= 11 is 0. The van der Waals surface area contributed by atoms with Crippen molar-refractivity contribution in [1.29, 1.82) is 0 Å². The van der Waals surface area contributed by atoms with E-state index in [4.69, 9.17) is 4.42 Å². The van der Waals surface area contributed by atoms with Crippen molar-refractivity contribution in [3.8, 4) is 0 Å². The number of carbonyl (C=O) groups is 1. The molecule has 120 valence electrons. The minimum atomic E-state index is -0.433. The fourth-order valence-electron chi connectivity index (χ4n) is 2.17. The Morgan fingerprint density at radius 2 is 1.58 bits per heavy atom. The van der Waals surface area contributed by atoms with E-state index in [2.05, 4.69) is 20.5 Å². The number of hydrogen-bond donors (Lipinski definition) is 1. The molecule has 24 heavy (non-hydrogen) atoms. The van der Waals surface area contributed by atoms with Crippen molar-refractivity contribution < 1.29 is 9.21 Å². The van der Waals surface area contributed by atoms with Gasteiger partial charge in [0.2, 0.25) is 0 Å². The van der Waals surface area contributed by atoms with Crippen molar-refractivity contribution in [2.24, 2.45) is 5.10 Å². The summed E-state index contributed by atoms with van der Waals surface area (Å²) in [5.41, 5.74) is 5.95. The van der Waals surface area contributed by atoms with Crippen LogP contribution in [-0.2, 0) is 0 Å². The number of amides is 1. The number of furan rings is 1. The third-order valence-electron chi connectivity index (χ3n) is 3.28. The van der Waals surface area contributed by atoms with Gasteiger partial charge in [-0.2, -0.15) is 5.10 Å². The average Bonchev–Trinajstić information content (AvgIpc) is 3.10. The highest BCUT2D eigenvalue weighted by Crippen LogP contribution is 2.09. The predicted octanol–water partition coefficient (Wildman–Crippen LogP) is 2.87. The summed E-state index contributed by atoms with van der Waals surface area (Å²) < 4.78 is 5.06. The van der Waals surface area contributed by atoms with Gasteiger partial charge in [-0.3, -0.25) is 14.8 Å². The van der Waals surface area contributed by atoms with E-state index < -0.39 is 5.91 Å². The van der Waals surface area contributed by atoms with Crippen LogP contribution in [0.25, 0.3) is 0 Å². The smallest absolute Gasteiger partial charge is 0.307 e. The summed E-state index contributed by atoms with van der Waals surface area (Å²) in [5, 5.41) is 4.23. The summed E-state index contributed by atoms with van der Waals surface area (Å²) in [6, 6.07) is 14.4. The molecule has 0 radical (unpaired) electrons. The van der Waals surface area contributed by atoms with Gasteiger partial charge in [0.15, 0.2) is 5.76 Å². The number of nitrogens with zero attached hydrogens (tertiary/aromatic N) is 3. The van der Waals surface area contributed by atoms with Crippen LogP contribution in [0.1, 0.15) is 33.3 Å². The Kier molecular flexibility index (Phi) is 4.47. The van der Waals surface area contributed by atoms with Gasteiger partial charge in [-0.1, -0.05) is 12.1 Å². The molecular weight excluding hydrogens is 304 g/mol. The van der Waals surface area contributed by atoms with E-state index in [-0.39, 0.29) is 5.76 Å². The molecule has 0 aliphatic heterocycles. The molecule has 3 aromatic rings. The van der Waals surface area contributed by atoms with Crippen LogP contribution in [0, 0.1) is 13.8 Å². The monoisotopic (exact) mass is 320 g/mol. The first-order valence-electron chi connectivity index (χ1n) is 7.43. The first-order chi connectivity index (χ1) is 11.6. The minimum Gasteiger partial charge on any atom is -0.459 e. The van der Waals surface area contributed by atoms with Crippen LogP contribution < -0.4 is 5.43 Å². The van der Waals surface area contributed by atoms with Gasteiger partial charge in [-0.25, -0.2) is 5.43 Å². The molecule has 1 amide bonds. The highest BCUT2D eigenvalue weighted by atomic mass is 16.3. The molecule has 3 rings (SSSR count). The van der Waals surface area contributed by atoms with Crippen molar-refractivity contribution in [1.82, 2.24) is 15.4 Å². The molecule has 0 aromatic carbocycles. The second kappa shape index (κ2) is 6.87. The largest absolute Gasteiger partial charge is 0.459 e. The molecule has 1 N–H and O–H groups in total. The lowest BCUT2D eigenvalue weighted by Crippen LogP contribution is -2.21. The van der Waals surface area contributed by atoms with Crippen LogP contribution in [0.3, 0.4) is 0 Å². The zero-order valence-corrected chi connectivity index (χ0v) is 13.4. The number of pyridine rings is 2. The third-order valence-corrected chi connectivity index (χ3v) is 3.28. The lowest BCUT2D eigenvalue weighted by atomic mass is 10.1. The number of aromatic nitrogens is 2. The van der Waals surface area contributed by atoms with Gasteiger partial charge < -0.3 is 4.42 Å². The predicted molar refractivity (Wildman–Crippen MR) is 89.8 cm³/mol. The van der Waals surface area contributed by atoms with Gasteiger partial charge in [0.1, 0.15) is 5.71 Å². The van der Waals surface area contributed by atoms with Crippen molar-refractivity contribution in [3.05, 3.63) is 83.3 Å². The zero-order chi connectivity index (χ0) is 16.9. The van der Waals surface area contributed by atoms with E-state index in [1.165, 1.54) is 6.26 Å². The highest BCUT2D eigenvalue weighted by Gasteiger charge is 2.13. The molecule has 3 heterocycles. The van der Waals surface area contributed by atoms with Crippen LogP contribution in [0.5, 0.6) is 0 Å². The van der Waals surface area contributed by atoms with Gasteiger partial charge in [-0.05, 0) is 50.2 Å². The lowest BCUT2D eigenvalue weighted by Gasteiger charge is -2.07. The van der Waals surface area contributed by atoms with E-state index >= 15 is 0 Å². The van der Waals surface area contributed by atoms with E-state index in [0.29, 0.717) is 17.1 Å². The first-order valence-corrected chi connectivity index (χ1v) is 7.43. The summed E-state index contributed by atoms with van der Waals surface area (Å²) in [5.74, 6) is -0.245. The van der Waals surface area contributed by atoms with Gasteiger partial charge in [-0.15, -0.1) is 0 Å². The Bertz CT molecular complexity index is 838. The number of carbonyl (C=O) groups excluding carboxylic acids is 1. The third kappa shape index (κ3) is 3.55. The molecule has 0 unspecified atom stereocenters. The van der Waals surface area contributed by atoms with Crippen LogP contribution in [0.4, 0.5) is 0 Å². The fraction of sp³-hybridized carbons (Fsp3) is 0.111. The minimum absolute atomic E-state index is 0.188. The Labute approximate surface area is 139 Å². The quantitative estimate of drug-likeness (QED) is 0.592. The van der Waals surface area contributed by atoms with Gasteiger partial charge >= 0.3 is 5.91 Å². The molecule has 0 saturated carbocycles. The molecule has 0 bridgehead atoms. The fourth-order valence-corrected chi connectivity index (χ4v) is 2.17. The van der Waals surface area contributed by atoms with Gasteiger partial charge in [0.25, 0.3) is 0 Å². The maximum Gasteiger partial charge on any atom is 0.307 e. The summed E-state index contributed by atoms with van der Waals surface area (Å²) in [7, 11) is 0. The summed E-state index contributed by atoms with van der Waals surface area (Å²) in [6.07, 6.45) is 1.43. The maximum absolute atomic E-state index is 12.1. The number of aryl methyl sites for hydroxylation is 2. The normalized spacial score (nSPS) is 10.2. The molecule has 0 aliphatic carbocycles. The van der Waals surface area contributed by atoms with Crippen LogP contribution in [0.15, 0.2) is 64.3 Å². The number of nitrogens with one attached hydrogen (secondary N) is 1. The summed E-state index contributed by atoms with van der Waals surface area (Å²) in [4.78, 5) is 21.0. The molecule has 6 heteroatoms. The molecule has 0 aliphatic rings. The second-order valence-corrected chi connectivity index (χ2v) is 5.21. The SMILES string of the molecule is Cc1cccc(C(=NNC(=O)c2ccco2)c2cccc(C)n2)n1. The van der Waals surface area contributed by atoms with Gasteiger partial charge in [0, 0.05) is 11.4 Å². The Balaban J connectivity index is 1.98. The second-order valence-electron chi connectivity index (χ2n) is 5.21. The van der Waals surface area contributed by atoms with Gasteiger partial charge in [0.05, 0.1) is 17.7 Å². The van der Waals surface area contributed by atoms with Crippen molar-refractivity contribution in [2.45, 2.75) is 13.8 Å². The first kappa shape index (κ1) is 15.6. The number of hydrogen-bond acceptors (Lipinski definition) is 5. The lowest BCUT2D eigenvalue weighted by molar-refractivity contribution is 0.0927. The van der Waals surface area contributed by atoms with Crippen molar-refractivity contribution in [3.63, 3.8) is 0 Å². The molecule has 6 nitrogen and oxygen atoms in total. The maximum atomic E-state index is 12.1. The molecule has 3 aromatic heterocycles. The molecule has 0 spiro atoms. The van der Waals surface area contributed by atoms with E-state index in [1.54, 1.807) is 12.1 Å². The van der Waals surface area contributed by atoms with E-state index in [9.17, 15) is 4.79 Å². The highest BCUT2D eigenvalue weighted by molar-refractivity contribution is 6.11. The van der Waals surface area contributed by atoms with Crippen LogP contribution >= 0.6 is 0 Å². The Hall–Kier alpha value is -3.28. The van der Waals surface area contributed by atoms with Crippen molar-refractivity contribution >= 4 is 11.6 Å². The number of hydrazone groups is 1.